The molecule has 20 heavy (non-hydrogen) atoms. The number of benzene rings is 2. The first kappa shape index (κ1) is 14.8. The van der Waals surface area contributed by atoms with Crippen molar-refractivity contribution in [1.29, 1.82) is 0 Å². The standard InChI is InChI=1S/C17H21NOS/c1-11(2)19-15-8-14(18)9-16(10-15)20-17-7-12(3)5-6-13(17)4/h5-11H,18H2,1-4H3. The highest BCUT2D eigenvalue weighted by Gasteiger charge is 2.06. The third-order valence-electron chi connectivity index (χ3n) is 2.85. The molecule has 0 heterocycles. The Morgan fingerprint density at radius 1 is 1.05 bits per heavy atom. The second-order valence-corrected chi connectivity index (χ2v) is 6.39. The third kappa shape index (κ3) is 3.94. The molecule has 3 heteroatoms. The molecule has 0 aliphatic heterocycles. The Bertz CT molecular complexity index is 608. The van der Waals surface area contributed by atoms with Crippen molar-refractivity contribution < 1.29 is 4.74 Å². The topological polar surface area (TPSA) is 35.2 Å². The Kier molecular flexibility index (Phi) is 4.61. The molecule has 2 aromatic rings. The molecule has 0 atom stereocenters. The van der Waals surface area contributed by atoms with Crippen molar-refractivity contribution >= 4 is 17.4 Å². The Morgan fingerprint density at radius 2 is 1.80 bits per heavy atom. The lowest BCUT2D eigenvalue weighted by Crippen LogP contribution is -2.05. The van der Waals surface area contributed by atoms with Gasteiger partial charge in [-0.15, -0.1) is 0 Å². The zero-order valence-corrected chi connectivity index (χ0v) is 13.3. The minimum atomic E-state index is 0.148. The van der Waals surface area contributed by atoms with E-state index in [-0.39, 0.29) is 6.10 Å². The molecule has 106 valence electrons. The molecular formula is C17H21NOS. The van der Waals surface area contributed by atoms with Gasteiger partial charge in [0.25, 0.3) is 0 Å². The predicted molar refractivity (Wildman–Crippen MR) is 86.7 cm³/mol. The molecule has 0 aromatic heterocycles. The maximum Gasteiger partial charge on any atom is 0.122 e. The van der Waals surface area contributed by atoms with Crippen LogP contribution in [0.25, 0.3) is 0 Å². The van der Waals surface area contributed by atoms with Crippen LogP contribution in [-0.4, -0.2) is 6.10 Å². The van der Waals surface area contributed by atoms with Crippen molar-refractivity contribution in [1.82, 2.24) is 0 Å². The number of nitrogens with two attached hydrogens (primary N) is 1. The summed E-state index contributed by atoms with van der Waals surface area (Å²) in [6.45, 7) is 8.26. The molecule has 0 saturated carbocycles. The summed E-state index contributed by atoms with van der Waals surface area (Å²) < 4.78 is 5.73. The minimum Gasteiger partial charge on any atom is -0.491 e. The number of anilines is 1. The van der Waals surface area contributed by atoms with Gasteiger partial charge in [0.15, 0.2) is 0 Å². The molecule has 0 spiro atoms. The fourth-order valence-corrected chi connectivity index (χ4v) is 3.03. The van der Waals surface area contributed by atoms with Gasteiger partial charge in [-0.2, -0.15) is 0 Å². The van der Waals surface area contributed by atoms with Gasteiger partial charge in [-0.3, -0.25) is 0 Å². The van der Waals surface area contributed by atoms with Gasteiger partial charge >= 0.3 is 0 Å². The lowest BCUT2D eigenvalue weighted by atomic mass is 10.2. The van der Waals surface area contributed by atoms with E-state index in [0.717, 1.165) is 16.3 Å². The summed E-state index contributed by atoms with van der Waals surface area (Å²) in [5, 5.41) is 0. The Hall–Kier alpha value is -1.61. The van der Waals surface area contributed by atoms with E-state index in [0.29, 0.717) is 0 Å². The van der Waals surface area contributed by atoms with Crippen LogP contribution in [0.2, 0.25) is 0 Å². The summed E-state index contributed by atoms with van der Waals surface area (Å²) in [4.78, 5) is 2.36. The van der Waals surface area contributed by atoms with Gasteiger partial charge in [0.1, 0.15) is 5.75 Å². The molecule has 2 rings (SSSR count). The Balaban J connectivity index is 2.28. The zero-order valence-electron chi connectivity index (χ0n) is 12.4. The van der Waals surface area contributed by atoms with Gasteiger partial charge in [-0.1, -0.05) is 23.9 Å². The summed E-state index contributed by atoms with van der Waals surface area (Å²) >= 11 is 1.72. The number of hydrogen-bond acceptors (Lipinski definition) is 3. The Morgan fingerprint density at radius 3 is 2.50 bits per heavy atom. The molecule has 2 nitrogen and oxygen atoms in total. The lowest BCUT2D eigenvalue weighted by Gasteiger charge is -2.13. The van der Waals surface area contributed by atoms with Gasteiger partial charge < -0.3 is 10.5 Å². The van der Waals surface area contributed by atoms with E-state index < -0.39 is 0 Å². The fraction of sp³-hybridized carbons (Fsp3) is 0.294. The molecule has 0 unspecified atom stereocenters. The second kappa shape index (κ2) is 6.23. The van der Waals surface area contributed by atoms with Crippen LogP contribution in [0, 0.1) is 13.8 Å². The quantitative estimate of drug-likeness (QED) is 0.818. The van der Waals surface area contributed by atoms with Gasteiger partial charge in [0, 0.05) is 21.5 Å². The zero-order chi connectivity index (χ0) is 14.7. The van der Waals surface area contributed by atoms with Crippen LogP contribution in [0.1, 0.15) is 25.0 Å². The molecule has 2 N–H and O–H groups in total. The molecular weight excluding hydrogens is 266 g/mol. The lowest BCUT2D eigenvalue weighted by molar-refractivity contribution is 0.242. The first-order chi connectivity index (χ1) is 9.44. The highest BCUT2D eigenvalue weighted by atomic mass is 32.2. The largest absolute Gasteiger partial charge is 0.491 e. The predicted octanol–water partition coefficient (Wildman–Crippen LogP) is 4.82. The average molecular weight is 287 g/mol. The van der Waals surface area contributed by atoms with Gasteiger partial charge in [0.2, 0.25) is 0 Å². The molecule has 0 saturated heterocycles. The van der Waals surface area contributed by atoms with E-state index in [9.17, 15) is 0 Å². The molecule has 0 aliphatic carbocycles. The van der Waals surface area contributed by atoms with Gasteiger partial charge in [0.05, 0.1) is 6.10 Å². The summed E-state index contributed by atoms with van der Waals surface area (Å²) in [6.07, 6.45) is 0.148. The maximum atomic E-state index is 5.96. The van der Waals surface area contributed by atoms with Crippen molar-refractivity contribution in [3.05, 3.63) is 47.5 Å². The number of hydrogen-bond donors (Lipinski definition) is 1. The van der Waals surface area contributed by atoms with Crippen molar-refractivity contribution in [3.63, 3.8) is 0 Å². The second-order valence-electron chi connectivity index (χ2n) is 5.28. The molecule has 0 bridgehead atoms. The average Bonchev–Trinajstić information content (AvgIpc) is 2.32. The van der Waals surface area contributed by atoms with Crippen molar-refractivity contribution in [2.24, 2.45) is 0 Å². The third-order valence-corrected chi connectivity index (χ3v) is 3.98. The van der Waals surface area contributed by atoms with Crippen molar-refractivity contribution in [3.8, 4) is 5.75 Å². The normalized spacial score (nSPS) is 10.8. The van der Waals surface area contributed by atoms with Crippen LogP contribution < -0.4 is 10.5 Å². The van der Waals surface area contributed by atoms with E-state index in [1.165, 1.54) is 16.0 Å². The van der Waals surface area contributed by atoms with Crippen LogP contribution in [0.5, 0.6) is 5.75 Å². The van der Waals surface area contributed by atoms with Crippen LogP contribution in [0.3, 0.4) is 0 Å². The van der Waals surface area contributed by atoms with E-state index in [1.807, 2.05) is 32.0 Å². The highest BCUT2D eigenvalue weighted by Crippen LogP contribution is 2.34. The van der Waals surface area contributed by atoms with Crippen LogP contribution in [0.4, 0.5) is 5.69 Å². The van der Waals surface area contributed by atoms with E-state index in [4.69, 9.17) is 10.5 Å². The first-order valence-corrected chi connectivity index (χ1v) is 7.58. The number of nitrogen functional groups attached to an aromatic ring is 1. The van der Waals surface area contributed by atoms with Crippen LogP contribution in [-0.2, 0) is 0 Å². The Labute approximate surface area is 125 Å². The van der Waals surface area contributed by atoms with Crippen LogP contribution in [0.15, 0.2) is 46.2 Å². The number of aryl methyl sites for hydroxylation is 2. The monoisotopic (exact) mass is 287 g/mol. The highest BCUT2D eigenvalue weighted by molar-refractivity contribution is 7.99. The molecule has 0 fully saturated rings. The molecule has 0 radical (unpaired) electrons. The van der Waals surface area contributed by atoms with E-state index in [2.05, 4.69) is 32.0 Å². The van der Waals surface area contributed by atoms with E-state index >= 15 is 0 Å². The maximum absolute atomic E-state index is 5.96. The summed E-state index contributed by atoms with van der Waals surface area (Å²) in [5.41, 5.74) is 9.23. The molecule has 0 aliphatic rings. The van der Waals surface area contributed by atoms with Crippen molar-refractivity contribution in [2.45, 2.75) is 43.6 Å². The number of rotatable bonds is 4. The summed E-state index contributed by atoms with van der Waals surface area (Å²) in [5.74, 6) is 0.827. The summed E-state index contributed by atoms with van der Waals surface area (Å²) in [6, 6.07) is 12.4. The SMILES string of the molecule is Cc1ccc(C)c(Sc2cc(N)cc(OC(C)C)c2)c1. The first-order valence-electron chi connectivity index (χ1n) is 6.76. The number of ether oxygens (including phenoxy) is 1. The van der Waals surface area contributed by atoms with Gasteiger partial charge in [-0.25, -0.2) is 0 Å². The van der Waals surface area contributed by atoms with E-state index in [1.54, 1.807) is 11.8 Å². The summed E-state index contributed by atoms with van der Waals surface area (Å²) in [7, 11) is 0. The van der Waals surface area contributed by atoms with Crippen molar-refractivity contribution in [2.75, 3.05) is 5.73 Å². The molecule has 0 amide bonds. The van der Waals surface area contributed by atoms with Gasteiger partial charge in [-0.05, 0) is 57.0 Å². The fourth-order valence-electron chi connectivity index (χ4n) is 1.94. The smallest absolute Gasteiger partial charge is 0.122 e. The van der Waals surface area contributed by atoms with Crippen LogP contribution >= 0.6 is 11.8 Å². The molecule has 2 aromatic carbocycles. The minimum absolute atomic E-state index is 0.148.